The number of carbonyl (C=O) groups excluding carboxylic acids is 2. The second-order valence-corrected chi connectivity index (χ2v) is 8.64. The number of rotatable bonds is 10. The molecule has 33 heavy (non-hydrogen) atoms. The van der Waals surface area contributed by atoms with Crippen molar-refractivity contribution in [1.82, 2.24) is 15.5 Å². The minimum absolute atomic E-state index is 0.0284. The number of Topliss-reactive ketones (excluding diaryl/α,β-unsaturated/α-hetero) is 1. The van der Waals surface area contributed by atoms with Crippen LogP contribution >= 0.6 is 11.6 Å². The summed E-state index contributed by atoms with van der Waals surface area (Å²) < 4.78 is 38.2. The van der Waals surface area contributed by atoms with Gasteiger partial charge in [0.2, 0.25) is 0 Å². The summed E-state index contributed by atoms with van der Waals surface area (Å²) in [5.74, 6) is -1.18. The molecule has 0 bridgehead atoms. The molecular formula is C23H22ClF2N3O4. The first-order valence-corrected chi connectivity index (χ1v) is 10.8. The normalized spacial score (nSPS) is 14.5. The average Bonchev–Trinajstić information content (AvgIpc) is 3.24. The lowest BCUT2D eigenvalue weighted by molar-refractivity contribution is -0.127. The molecule has 1 aromatic heterocycles. The van der Waals surface area contributed by atoms with Gasteiger partial charge < -0.3 is 14.8 Å². The van der Waals surface area contributed by atoms with Crippen molar-refractivity contribution in [2.45, 2.75) is 25.7 Å². The number of fused-ring (bicyclic) bond motifs is 1. The Morgan fingerprint density at radius 2 is 1.85 bits per heavy atom. The molecule has 0 atom stereocenters. The standard InChI is InChI=1S/C23H22ClF2N3O4/c24-18-3-2-15(6-20(18)26)33-12-22(31)27-13-23(4-1-5-23)9-14(30)11-32-16-7-19(25)17-10-28-29-21(17)8-16/h2-3,6-8,10H,1,4-5,9,11-13H2,(H,27,31)(H,28,29). The van der Waals surface area contributed by atoms with E-state index in [1.54, 1.807) is 6.07 Å². The van der Waals surface area contributed by atoms with Crippen LogP contribution < -0.4 is 14.8 Å². The molecule has 0 aliphatic heterocycles. The second-order valence-electron chi connectivity index (χ2n) is 8.24. The summed E-state index contributed by atoms with van der Waals surface area (Å²) in [5.41, 5.74) is 0.153. The van der Waals surface area contributed by atoms with Crippen molar-refractivity contribution in [3.8, 4) is 11.5 Å². The highest BCUT2D eigenvalue weighted by atomic mass is 35.5. The van der Waals surface area contributed by atoms with Crippen LogP contribution in [0.5, 0.6) is 11.5 Å². The molecule has 0 saturated heterocycles. The molecular weight excluding hydrogens is 456 g/mol. The number of aromatic nitrogens is 2. The zero-order valence-corrected chi connectivity index (χ0v) is 18.4. The highest BCUT2D eigenvalue weighted by Gasteiger charge is 2.39. The summed E-state index contributed by atoms with van der Waals surface area (Å²) in [5, 5.41) is 9.56. The fraction of sp³-hybridized carbons (Fsp3) is 0.348. The van der Waals surface area contributed by atoms with E-state index in [9.17, 15) is 18.4 Å². The molecule has 3 aromatic rings. The lowest BCUT2D eigenvalue weighted by Crippen LogP contribution is -2.45. The maximum absolute atomic E-state index is 14.0. The van der Waals surface area contributed by atoms with Crippen molar-refractivity contribution >= 4 is 34.2 Å². The Kier molecular flexibility index (Phi) is 6.78. The number of ketones is 1. The van der Waals surface area contributed by atoms with Gasteiger partial charge in [-0.2, -0.15) is 5.10 Å². The van der Waals surface area contributed by atoms with Crippen molar-refractivity contribution < 1.29 is 27.8 Å². The van der Waals surface area contributed by atoms with E-state index in [1.165, 1.54) is 24.4 Å². The summed E-state index contributed by atoms with van der Waals surface area (Å²) >= 11 is 5.62. The minimum Gasteiger partial charge on any atom is -0.486 e. The first kappa shape index (κ1) is 23.0. The van der Waals surface area contributed by atoms with Crippen LogP contribution in [0.4, 0.5) is 8.78 Å². The molecule has 1 fully saturated rings. The maximum Gasteiger partial charge on any atom is 0.257 e. The third kappa shape index (κ3) is 5.60. The van der Waals surface area contributed by atoms with Crippen LogP contribution in [0, 0.1) is 17.0 Å². The monoisotopic (exact) mass is 477 g/mol. The molecule has 2 N–H and O–H groups in total. The van der Waals surface area contributed by atoms with Crippen molar-refractivity contribution in [3.63, 3.8) is 0 Å². The number of H-pyrrole nitrogens is 1. The summed E-state index contributed by atoms with van der Waals surface area (Å²) in [6.45, 7) is -0.152. The number of carbonyl (C=O) groups is 2. The fourth-order valence-electron chi connectivity index (χ4n) is 3.84. The molecule has 0 unspecified atom stereocenters. The zero-order chi connectivity index (χ0) is 23.4. The number of benzene rings is 2. The Hall–Kier alpha value is -3.20. The molecule has 0 radical (unpaired) electrons. The highest BCUT2D eigenvalue weighted by Crippen LogP contribution is 2.43. The number of ether oxygens (including phenoxy) is 2. The number of amides is 1. The lowest BCUT2D eigenvalue weighted by Gasteiger charge is -2.41. The third-order valence-corrected chi connectivity index (χ3v) is 6.10. The number of nitrogens with zero attached hydrogens (tertiary/aromatic N) is 1. The van der Waals surface area contributed by atoms with E-state index in [2.05, 4.69) is 15.5 Å². The largest absolute Gasteiger partial charge is 0.486 e. The Balaban J connectivity index is 1.24. The van der Waals surface area contributed by atoms with Gasteiger partial charge in [-0.1, -0.05) is 18.0 Å². The number of halogens is 3. The van der Waals surface area contributed by atoms with E-state index < -0.39 is 11.6 Å². The Morgan fingerprint density at radius 3 is 2.58 bits per heavy atom. The summed E-state index contributed by atoms with van der Waals surface area (Å²) in [6.07, 6.45) is 4.19. The summed E-state index contributed by atoms with van der Waals surface area (Å²) in [4.78, 5) is 24.7. The molecule has 1 aliphatic rings. The number of nitrogens with one attached hydrogen (secondary N) is 2. The maximum atomic E-state index is 14.0. The van der Waals surface area contributed by atoms with Crippen LogP contribution in [0.1, 0.15) is 25.7 Å². The average molecular weight is 478 g/mol. The first-order chi connectivity index (χ1) is 15.8. The number of hydrogen-bond donors (Lipinski definition) is 2. The van der Waals surface area contributed by atoms with Crippen LogP contribution in [-0.4, -0.2) is 41.6 Å². The highest BCUT2D eigenvalue weighted by molar-refractivity contribution is 6.30. The van der Waals surface area contributed by atoms with Crippen LogP contribution in [0.15, 0.2) is 36.5 Å². The Bertz CT molecular complexity index is 1180. The fourth-order valence-corrected chi connectivity index (χ4v) is 3.96. The quantitative estimate of drug-likeness (QED) is 0.456. The molecule has 1 amide bonds. The van der Waals surface area contributed by atoms with Gasteiger partial charge in [0.05, 0.1) is 22.1 Å². The Morgan fingerprint density at radius 1 is 1.09 bits per heavy atom. The smallest absolute Gasteiger partial charge is 0.257 e. The van der Waals surface area contributed by atoms with Gasteiger partial charge in [-0.15, -0.1) is 0 Å². The van der Waals surface area contributed by atoms with Gasteiger partial charge in [0.15, 0.2) is 12.4 Å². The third-order valence-electron chi connectivity index (χ3n) is 5.79. The van der Waals surface area contributed by atoms with E-state index >= 15 is 0 Å². The SMILES string of the molecule is O=C(COc1cc(F)c2cn[nH]c2c1)CC1(CNC(=O)COc2ccc(Cl)c(F)c2)CCC1. The van der Waals surface area contributed by atoms with Crippen molar-refractivity contribution in [2.75, 3.05) is 19.8 Å². The summed E-state index contributed by atoms with van der Waals surface area (Å²) in [6, 6.07) is 6.74. The van der Waals surface area contributed by atoms with E-state index in [1.807, 2.05) is 0 Å². The van der Waals surface area contributed by atoms with Crippen molar-refractivity contribution in [1.29, 1.82) is 0 Å². The van der Waals surface area contributed by atoms with Crippen LogP contribution in [0.25, 0.3) is 10.9 Å². The van der Waals surface area contributed by atoms with Gasteiger partial charge in [0.25, 0.3) is 5.91 Å². The van der Waals surface area contributed by atoms with E-state index in [0.29, 0.717) is 17.4 Å². The minimum atomic E-state index is -0.629. The molecule has 1 heterocycles. The Labute approximate surface area is 193 Å². The van der Waals surface area contributed by atoms with Gasteiger partial charge >= 0.3 is 0 Å². The van der Waals surface area contributed by atoms with E-state index in [-0.39, 0.29) is 53.3 Å². The molecule has 4 rings (SSSR count). The van der Waals surface area contributed by atoms with Gasteiger partial charge in [-0.05, 0) is 30.4 Å². The molecule has 7 nitrogen and oxygen atoms in total. The number of hydrogen-bond acceptors (Lipinski definition) is 5. The predicted molar refractivity (Wildman–Crippen MR) is 117 cm³/mol. The topological polar surface area (TPSA) is 93.3 Å². The van der Waals surface area contributed by atoms with Gasteiger partial charge in [0.1, 0.15) is 29.7 Å². The van der Waals surface area contributed by atoms with Crippen molar-refractivity contribution in [3.05, 3.63) is 53.2 Å². The van der Waals surface area contributed by atoms with Crippen molar-refractivity contribution in [2.24, 2.45) is 5.41 Å². The van der Waals surface area contributed by atoms with Crippen LogP contribution in [0.3, 0.4) is 0 Å². The second kappa shape index (κ2) is 9.74. The van der Waals surface area contributed by atoms with Crippen LogP contribution in [-0.2, 0) is 9.59 Å². The molecule has 1 aliphatic carbocycles. The molecule has 2 aromatic carbocycles. The van der Waals surface area contributed by atoms with Crippen LogP contribution in [0.2, 0.25) is 5.02 Å². The van der Waals surface area contributed by atoms with E-state index in [0.717, 1.165) is 25.3 Å². The first-order valence-electron chi connectivity index (χ1n) is 10.5. The van der Waals surface area contributed by atoms with E-state index in [4.69, 9.17) is 21.1 Å². The zero-order valence-electron chi connectivity index (χ0n) is 17.6. The van der Waals surface area contributed by atoms with Gasteiger partial charge in [0, 0.05) is 31.2 Å². The molecule has 1 saturated carbocycles. The molecule has 10 heteroatoms. The summed E-state index contributed by atoms with van der Waals surface area (Å²) in [7, 11) is 0. The molecule has 0 spiro atoms. The lowest BCUT2D eigenvalue weighted by atomic mass is 9.66. The molecule has 174 valence electrons. The predicted octanol–water partition coefficient (Wildman–Crippen LogP) is 4.20. The number of aromatic amines is 1. The van der Waals surface area contributed by atoms with Gasteiger partial charge in [-0.25, -0.2) is 8.78 Å². The van der Waals surface area contributed by atoms with Gasteiger partial charge in [-0.3, -0.25) is 14.7 Å².